The molecule has 0 atom stereocenters. The molecule has 0 radical (unpaired) electrons. The Hall–Kier alpha value is -2.75. The van der Waals surface area contributed by atoms with Crippen molar-refractivity contribution in [1.82, 2.24) is 30.6 Å². The quantitative estimate of drug-likeness (QED) is 0.787. The van der Waals surface area contributed by atoms with Crippen molar-refractivity contribution in [3.05, 3.63) is 35.6 Å². The van der Waals surface area contributed by atoms with E-state index in [2.05, 4.69) is 35.3 Å². The van der Waals surface area contributed by atoms with E-state index in [1.54, 1.807) is 6.07 Å². The van der Waals surface area contributed by atoms with Crippen LogP contribution in [0, 0.1) is 0 Å². The number of alkyl halides is 3. The zero-order chi connectivity index (χ0) is 16.4. The van der Waals surface area contributed by atoms with Gasteiger partial charge in [-0.2, -0.15) is 0 Å². The normalized spacial score (nSPS) is 11.5. The van der Waals surface area contributed by atoms with E-state index in [4.69, 9.17) is 11.6 Å². The van der Waals surface area contributed by atoms with Crippen LogP contribution < -0.4 is 4.74 Å². The second-order valence-electron chi connectivity index (χ2n) is 4.23. The lowest BCUT2D eigenvalue weighted by atomic mass is 10.1. The number of hydrogen-bond acceptors (Lipinski definition) is 6. The number of aromatic nitrogens is 6. The van der Waals surface area contributed by atoms with Crippen molar-refractivity contribution < 1.29 is 17.9 Å². The zero-order valence-electron chi connectivity index (χ0n) is 11.0. The lowest BCUT2D eigenvalue weighted by molar-refractivity contribution is -0.274. The van der Waals surface area contributed by atoms with Crippen LogP contribution in [0.5, 0.6) is 5.75 Å². The van der Waals surface area contributed by atoms with Gasteiger partial charge in [-0.05, 0) is 34.7 Å². The van der Waals surface area contributed by atoms with Crippen molar-refractivity contribution in [2.24, 2.45) is 0 Å². The largest absolute Gasteiger partial charge is 0.573 e. The van der Waals surface area contributed by atoms with Crippen LogP contribution >= 0.6 is 11.6 Å². The molecule has 2 heterocycles. The molecule has 1 aromatic carbocycles. The summed E-state index contributed by atoms with van der Waals surface area (Å²) in [6, 6.07) is 5.40. The molecule has 1 N–H and O–H groups in total. The molecule has 0 aliphatic rings. The SMILES string of the molecule is FC(F)(F)Oc1ccc(-c2cc(-c3nnn[nH]3)ncn2)cc1Cl. The van der Waals surface area contributed by atoms with Crippen molar-refractivity contribution >= 4 is 11.6 Å². The van der Waals surface area contributed by atoms with Crippen LogP contribution in [-0.2, 0) is 0 Å². The molecule has 0 saturated heterocycles. The molecular weight excluding hydrogens is 337 g/mol. The molecule has 118 valence electrons. The number of halogens is 4. The molecule has 0 saturated carbocycles. The van der Waals surface area contributed by atoms with Crippen LogP contribution in [0.2, 0.25) is 5.02 Å². The van der Waals surface area contributed by atoms with Gasteiger partial charge in [0.2, 0.25) is 0 Å². The molecule has 3 rings (SSSR count). The van der Waals surface area contributed by atoms with Gasteiger partial charge in [-0.25, -0.2) is 15.1 Å². The van der Waals surface area contributed by atoms with E-state index in [0.29, 0.717) is 22.8 Å². The minimum atomic E-state index is -4.81. The number of benzene rings is 1. The van der Waals surface area contributed by atoms with Crippen LogP contribution in [-0.4, -0.2) is 37.0 Å². The van der Waals surface area contributed by atoms with Gasteiger partial charge < -0.3 is 4.74 Å². The maximum atomic E-state index is 12.2. The Balaban J connectivity index is 1.93. The van der Waals surface area contributed by atoms with E-state index in [0.717, 1.165) is 6.07 Å². The minimum absolute atomic E-state index is 0.193. The maximum absolute atomic E-state index is 12.2. The molecular formula is C12H6ClF3N6O. The molecule has 3 aromatic rings. The van der Waals surface area contributed by atoms with Gasteiger partial charge in [0.25, 0.3) is 0 Å². The van der Waals surface area contributed by atoms with Gasteiger partial charge in [0.1, 0.15) is 17.8 Å². The Kier molecular flexibility index (Phi) is 3.82. The van der Waals surface area contributed by atoms with Crippen molar-refractivity contribution in [3.8, 4) is 28.5 Å². The summed E-state index contributed by atoms with van der Waals surface area (Å²) in [4.78, 5) is 8.05. The van der Waals surface area contributed by atoms with E-state index in [1.165, 1.54) is 18.5 Å². The second-order valence-corrected chi connectivity index (χ2v) is 4.64. The van der Waals surface area contributed by atoms with Crippen LogP contribution in [0.3, 0.4) is 0 Å². The van der Waals surface area contributed by atoms with Crippen LogP contribution in [0.25, 0.3) is 22.8 Å². The first kappa shape index (κ1) is 15.2. The summed E-state index contributed by atoms with van der Waals surface area (Å²) in [5.74, 6) is -0.159. The molecule has 0 unspecified atom stereocenters. The van der Waals surface area contributed by atoms with Crippen LogP contribution in [0.1, 0.15) is 0 Å². The molecule has 0 aliphatic heterocycles. The summed E-state index contributed by atoms with van der Waals surface area (Å²) in [6.45, 7) is 0. The third-order valence-electron chi connectivity index (χ3n) is 2.71. The fourth-order valence-electron chi connectivity index (χ4n) is 1.78. The number of aromatic amines is 1. The number of ether oxygens (including phenoxy) is 1. The summed E-state index contributed by atoms with van der Waals surface area (Å²) in [7, 11) is 0. The van der Waals surface area contributed by atoms with Gasteiger partial charge in [-0.15, -0.1) is 18.3 Å². The maximum Gasteiger partial charge on any atom is 0.573 e. The molecule has 23 heavy (non-hydrogen) atoms. The van der Waals surface area contributed by atoms with Crippen molar-refractivity contribution in [3.63, 3.8) is 0 Å². The summed E-state index contributed by atoms with van der Waals surface area (Å²) < 4.78 is 40.5. The number of H-pyrrole nitrogens is 1. The van der Waals surface area contributed by atoms with E-state index in [1.807, 2.05) is 0 Å². The monoisotopic (exact) mass is 342 g/mol. The predicted octanol–water partition coefficient (Wildman–Crippen LogP) is 2.88. The fourth-order valence-corrected chi connectivity index (χ4v) is 2.00. The summed E-state index contributed by atoms with van der Waals surface area (Å²) in [5.41, 5.74) is 1.35. The van der Waals surface area contributed by atoms with E-state index in [9.17, 15) is 13.2 Å². The number of nitrogens with one attached hydrogen (secondary N) is 1. The van der Waals surface area contributed by atoms with Crippen molar-refractivity contribution in [1.29, 1.82) is 0 Å². The smallest absolute Gasteiger partial charge is 0.404 e. The Morgan fingerprint density at radius 2 is 1.87 bits per heavy atom. The highest BCUT2D eigenvalue weighted by atomic mass is 35.5. The summed E-state index contributed by atoms with van der Waals surface area (Å²) >= 11 is 5.82. The van der Waals surface area contributed by atoms with Crippen molar-refractivity contribution in [2.45, 2.75) is 6.36 Å². The fraction of sp³-hybridized carbons (Fsp3) is 0.0833. The van der Waals surface area contributed by atoms with Gasteiger partial charge >= 0.3 is 6.36 Å². The van der Waals surface area contributed by atoms with Gasteiger partial charge in [-0.3, -0.25) is 0 Å². The Labute approximate surface area is 131 Å². The average molecular weight is 343 g/mol. The van der Waals surface area contributed by atoms with E-state index < -0.39 is 12.1 Å². The summed E-state index contributed by atoms with van der Waals surface area (Å²) in [6.07, 6.45) is -3.53. The summed E-state index contributed by atoms with van der Waals surface area (Å²) in [5, 5.41) is 12.9. The Bertz CT molecular complexity index is 824. The Morgan fingerprint density at radius 3 is 2.52 bits per heavy atom. The standard InChI is InChI=1S/C12H6ClF3N6O/c13-7-3-6(1-2-10(7)23-12(14,15)16)8-4-9(18-5-17-8)11-19-21-22-20-11/h1-5H,(H,19,20,21,22). The first-order valence-electron chi connectivity index (χ1n) is 6.04. The van der Waals surface area contributed by atoms with Crippen LogP contribution in [0.15, 0.2) is 30.6 Å². The molecule has 0 amide bonds. The van der Waals surface area contributed by atoms with Gasteiger partial charge in [0.05, 0.1) is 10.7 Å². The number of nitrogens with zero attached hydrogens (tertiary/aromatic N) is 5. The average Bonchev–Trinajstić information content (AvgIpc) is 3.02. The molecule has 11 heteroatoms. The lowest BCUT2D eigenvalue weighted by Crippen LogP contribution is -2.17. The second kappa shape index (κ2) is 5.80. The number of rotatable bonds is 3. The highest BCUT2D eigenvalue weighted by Gasteiger charge is 2.32. The number of hydrogen-bond donors (Lipinski definition) is 1. The Morgan fingerprint density at radius 1 is 1.09 bits per heavy atom. The highest BCUT2D eigenvalue weighted by Crippen LogP contribution is 2.33. The van der Waals surface area contributed by atoms with Crippen molar-refractivity contribution in [2.75, 3.05) is 0 Å². The molecule has 2 aromatic heterocycles. The highest BCUT2D eigenvalue weighted by molar-refractivity contribution is 6.32. The number of tetrazole rings is 1. The van der Waals surface area contributed by atoms with Gasteiger partial charge in [-0.1, -0.05) is 11.6 Å². The third-order valence-corrected chi connectivity index (χ3v) is 3.00. The topological polar surface area (TPSA) is 89.5 Å². The lowest BCUT2D eigenvalue weighted by Gasteiger charge is -2.11. The van der Waals surface area contributed by atoms with E-state index >= 15 is 0 Å². The minimum Gasteiger partial charge on any atom is -0.404 e. The first-order valence-corrected chi connectivity index (χ1v) is 6.42. The molecule has 0 fully saturated rings. The molecule has 0 bridgehead atoms. The van der Waals surface area contributed by atoms with Gasteiger partial charge in [0.15, 0.2) is 5.82 Å². The predicted molar refractivity (Wildman–Crippen MR) is 72.3 cm³/mol. The molecule has 0 spiro atoms. The first-order chi connectivity index (χ1) is 10.9. The zero-order valence-corrected chi connectivity index (χ0v) is 11.8. The third kappa shape index (κ3) is 3.54. The van der Waals surface area contributed by atoms with Crippen LogP contribution in [0.4, 0.5) is 13.2 Å². The van der Waals surface area contributed by atoms with Gasteiger partial charge in [0, 0.05) is 5.56 Å². The molecule has 0 aliphatic carbocycles. The van der Waals surface area contributed by atoms with E-state index in [-0.39, 0.29) is 5.02 Å². The molecule has 7 nitrogen and oxygen atoms in total.